The first kappa shape index (κ1) is 20.9. The standard InChI is InChI=1S/C21H27N5O3S/c1-14(2)19-18(13-23-20(24-19)16-5-4-6-22-12-16)30(28,29)26-9-7-25(8-10-26)21(27)17-11-15(17)3/h4-6,12-15,17H,7-11H2,1-3H3/t15-,17+/m0/s1. The molecule has 0 N–H and O–H groups in total. The van der Waals surface area contributed by atoms with E-state index < -0.39 is 10.0 Å². The summed E-state index contributed by atoms with van der Waals surface area (Å²) in [6, 6.07) is 3.64. The van der Waals surface area contributed by atoms with Crippen LogP contribution in [0.1, 0.15) is 38.8 Å². The lowest BCUT2D eigenvalue weighted by atomic mass is 10.1. The van der Waals surface area contributed by atoms with Crippen molar-refractivity contribution < 1.29 is 13.2 Å². The summed E-state index contributed by atoms with van der Waals surface area (Å²) in [5.74, 6) is 1.09. The molecule has 2 aromatic rings. The highest BCUT2D eigenvalue weighted by molar-refractivity contribution is 7.89. The molecule has 160 valence electrons. The Kier molecular flexibility index (Phi) is 5.59. The fourth-order valence-electron chi connectivity index (χ4n) is 3.82. The van der Waals surface area contributed by atoms with E-state index in [0.29, 0.717) is 30.5 Å². The lowest BCUT2D eigenvalue weighted by molar-refractivity contribution is -0.134. The van der Waals surface area contributed by atoms with E-state index in [2.05, 4.69) is 21.9 Å². The van der Waals surface area contributed by atoms with Crippen molar-refractivity contribution in [1.29, 1.82) is 0 Å². The Labute approximate surface area is 177 Å². The molecule has 1 saturated heterocycles. The summed E-state index contributed by atoms with van der Waals surface area (Å²) in [7, 11) is -3.75. The van der Waals surface area contributed by atoms with Gasteiger partial charge in [-0.1, -0.05) is 20.8 Å². The van der Waals surface area contributed by atoms with Crippen LogP contribution in [0.2, 0.25) is 0 Å². The van der Waals surface area contributed by atoms with Gasteiger partial charge in [-0.05, 0) is 30.4 Å². The number of pyridine rings is 1. The molecule has 4 rings (SSSR count). The average molecular weight is 430 g/mol. The van der Waals surface area contributed by atoms with E-state index in [1.54, 1.807) is 23.4 Å². The van der Waals surface area contributed by atoms with Crippen molar-refractivity contribution in [2.24, 2.45) is 11.8 Å². The molecule has 1 saturated carbocycles. The predicted molar refractivity (Wildman–Crippen MR) is 112 cm³/mol. The van der Waals surface area contributed by atoms with Crippen LogP contribution in [0.4, 0.5) is 0 Å². The van der Waals surface area contributed by atoms with Crippen LogP contribution in [0, 0.1) is 11.8 Å². The fraction of sp³-hybridized carbons (Fsp3) is 0.524. The summed E-state index contributed by atoms with van der Waals surface area (Å²) in [5, 5.41) is 0. The van der Waals surface area contributed by atoms with Gasteiger partial charge < -0.3 is 4.90 Å². The zero-order chi connectivity index (χ0) is 21.5. The van der Waals surface area contributed by atoms with Crippen LogP contribution < -0.4 is 0 Å². The van der Waals surface area contributed by atoms with E-state index >= 15 is 0 Å². The van der Waals surface area contributed by atoms with Crippen molar-refractivity contribution in [3.8, 4) is 11.4 Å². The van der Waals surface area contributed by atoms with Gasteiger partial charge in [-0.3, -0.25) is 9.78 Å². The van der Waals surface area contributed by atoms with E-state index in [-0.39, 0.29) is 35.7 Å². The normalized spacial score (nSPS) is 22.3. The summed E-state index contributed by atoms with van der Waals surface area (Å²) in [6.45, 7) is 7.34. The first-order valence-electron chi connectivity index (χ1n) is 10.4. The van der Waals surface area contributed by atoms with Gasteiger partial charge in [0.2, 0.25) is 15.9 Å². The molecule has 2 atom stereocenters. The number of hydrogen-bond donors (Lipinski definition) is 0. The number of amides is 1. The molecule has 1 aliphatic carbocycles. The highest BCUT2D eigenvalue weighted by Crippen LogP contribution is 2.39. The molecule has 3 heterocycles. The minimum absolute atomic E-state index is 0.0904. The summed E-state index contributed by atoms with van der Waals surface area (Å²) in [4.78, 5) is 27.3. The molecular weight excluding hydrogens is 402 g/mol. The molecule has 0 aromatic carbocycles. The lowest BCUT2D eigenvalue weighted by Crippen LogP contribution is -2.51. The van der Waals surface area contributed by atoms with Gasteiger partial charge >= 0.3 is 0 Å². The second-order valence-electron chi connectivity index (χ2n) is 8.39. The average Bonchev–Trinajstić information content (AvgIpc) is 3.50. The Morgan fingerprint density at radius 1 is 1.17 bits per heavy atom. The maximum Gasteiger partial charge on any atom is 0.246 e. The third-order valence-electron chi connectivity index (χ3n) is 5.84. The third kappa shape index (κ3) is 3.96. The second-order valence-corrected chi connectivity index (χ2v) is 10.3. The topological polar surface area (TPSA) is 96.4 Å². The Morgan fingerprint density at radius 2 is 1.87 bits per heavy atom. The van der Waals surface area contributed by atoms with Gasteiger partial charge in [-0.25, -0.2) is 18.4 Å². The molecule has 0 spiro atoms. The molecule has 1 amide bonds. The van der Waals surface area contributed by atoms with Crippen LogP contribution in [0.25, 0.3) is 11.4 Å². The van der Waals surface area contributed by atoms with Crippen molar-refractivity contribution >= 4 is 15.9 Å². The molecule has 0 unspecified atom stereocenters. The van der Waals surface area contributed by atoms with Gasteiger partial charge in [0.1, 0.15) is 4.90 Å². The molecule has 30 heavy (non-hydrogen) atoms. The van der Waals surface area contributed by atoms with Gasteiger partial charge in [0.05, 0.1) is 11.9 Å². The van der Waals surface area contributed by atoms with Crippen LogP contribution in [-0.2, 0) is 14.8 Å². The minimum Gasteiger partial charge on any atom is -0.340 e. The van der Waals surface area contributed by atoms with Gasteiger partial charge in [0.25, 0.3) is 0 Å². The number of piperazine rings is 1. The third-order valence-corrected chi connectivity index (χ3v) is 7.76. The Morgan fingerprint density at radius 3 is 2.43 bits per heavy atom. The van der Waals surface area contributed by atoms with Crippen LogP contribution in [0.3, 0.4) is 0 Å². The first-order valence-corrected chi connectivity index (χ1v) is 11.8. The number of sulfonamides is 1. The highest BCUT2D eigenvalue weighted by atomic mass is 32.2. The fourth-order valence-corrected chi connectivity index (χ4v) is 5.47. The van der Waals surface area contributed by atoms with Crippen molar-refractivity contribution in [2.75, 3.05) is 26.2 Å². The van der Waals surface area contributed by atoms with Crippen molar-refractivity contribution in [1.82, 2.24) is 24.2 Å². The number of carbonyl (C=O) groups excluding carboxylic acids is 1. The quantitative estimate of drug-likeness (QED) is 0.723. The summed E-state index contributed by atoms with van der Waals surface area (Å²) in [6.07, 6.45) is 5.67. The zero-order valence-corrected chi connectivity index (χ0v) is 18.3. The highest BCUT2D eigenvalue weighted by Gasteiger charge is 2.43. The van der Waals surface area contributed by atoms with Gasteiger partial charge in [-0.15, -0.1) is 0 Å². The van der Waals surface area contributed by atoms with E-state index in [1.165, 1.54) is 10.5 Å². The van der Waals surface area contributed by atoms with Gasteiger partial charge in [0.15, 0.2) is 5.82 Å². The maximum atomic E-state index is 13.4. The molecular formula is C21H27N5O3S. The molecule has 2 fully saturated rings. The predicted octanol–water partition coefficient (Wildman–Crippen LogP) is 2.15. The molecule has 8 nitrogen and oxygen atoms in total. The Balaban J connectivity index is 1.56. The van der Waals surface area contributed by atoms with E-state index in [4.69, 9.17) is 0 Å². The number of carbonyl (C=O) groups is 1. The van der Waals surface area contributed by atoms with Crippen molar-refractivity contribution in [3.05, 3.63) is 36.4 Å². The van der Waals surface area contributed by atoms with Gasteiger partial charge in [-0.2, -0.15) is 4.31 Å². The monoisotopic (exact) mass is 429 g/mol. The number of nitrogens with zero attached hydrogens (tertiary/aromatic N) is 5. The second kappa shape index (κ2) is 8.03. The largest absolute Gasteiger partial charge is 0.340 e. The minimum atomic E-state index is -3.75. The summed E-state index contributed by atoms with van der Waals surface area (Å²) < 4.78 is 28.2. The molecule has 1 aliphatic heterocycles. The van der Waals surface area contributed by atoms with Crippen LogP contribution >= 0.6 is 0 Å². The van der Waals surface area contributed by atoms with E-state index in [9.17, 15) is 13.2 Å². The molecule has 0 radical (unpaired) electrons. The van der Waals surface area contributed by atoms with Crippen LogP contribution in [-0.4, -0.2) is 64.7 Å². The number of rotatable bonds is 5. The van der Waals surface area contributed by atoms with Gasteiger partial charge in [0, 0.05) is 50.1 Å². The van der Waals surface area contributed by atoms with Crippen LogP contribution in [0.15, 0.2) is 35.6 Å². The van der Waals surface area contributed by atoms with Crippen molar-refractivity contribution in [2.45, 2.75) is 38.0 Å². The van der Waals surface area contributed by atoms with E-state index in [0.717, 1.165) is 12.0 Å². The maximum absolute atomic E-state index is 13.4. The van der Waals surface area contributed by atoms with E-state index in [1.807, 2.05) is 19.9 Å². The molecule has 2 aromatic heterocycles. The van der Waals surface area contributed by atoms with Crippen LogP contribution in [0.5, 0.6) is 0 Å². The SMILES string of the molecule is CC(C)c1nc(-c2cccnc2)ncc1S(=O)(=O)N1CCN(C(=O)[C@@H]2C[C@@H]2C)CC1. The lowest BCUT2D eigenvalue weighted by Gasteiger charge is -2.34. The Hall–Kier alpha value is -2.39. The smallest absolute Gasteiger partial charge is 0.246 e. The first-order chi connectivity index (χ1) is 14.3. The summed E-state index contributed by atoms with van der Waals surface area (Å²) in [5.41, 5.74) is 1.24. The molecule has 9 heteroatoms. The zero-order valence-electron chi connectivity index (χ0n) is 17.5. The Bertz CT molecular complexity index is 1030. The summed E-state index contributed by atoms with van der Waals surface area (Å²) >= 11 is 0. The molecule has 2 aliphatic rings. The number of hydrogen-bond acceptors (Lipinski definition) is 6. The number of aromatic nitrogens is 3. The van der Waals surface area contributed by atoms with Crippen molar-refractivity contribution in [3.63, 3.8) is 0 Å². The molecule has 0 bridgehead atoms.